The smallest absolute Gasteiger partial charge is 0.178 e. The minimum atomic E-state index is -0.171. The molecule has 1 aromatic heterocycles. The van der Waals surface area contributed by atoms with Crippen molar-refractivity contribution in [2.24, 2.45) is 5.92 Å². The van der Waals surface area contributed by atoms with Crippen LogP contribution in [-0.2, 0) is 0 Å². The third kappa shape index (κ3) is 2.41. The number of rotatable bonds is 1. The Bertz CT molecular complexity index is 686. The molecule has 1 aliphatic carbocycles. The summed E-state index contributed by atoms with van der Waals surface area (Å²) in [7, 11) is 0. The summed E-state index contributed by atoms with van der Waals surface area (Å²) in [5.41, 5.74) is 2.55. The zero-order valence-electron chi connectivity index (χ0n) is 12.1. The van der Waals surface area contributed by atoms with E-state index in [0.717, 1.165) is 21.7 Å². The second kappa shape index (κ2) is 5.32. The van der Waals surface area contributed by atoms with Crippen LogP contribution in [0, 0.1) is 23.4 Å². The summed E-state index contributed by atoms with van der Waals surface area (Å²) < 4.78 is 16.6. The molecule has 1 saturated carbocycles. The van der Waals surface area contributed by atoms with E-state index in [4.69, 9.17) is 12.2 Å². The molecule has 1 fully saturated rings. The van der Waals surface area contributed by atoms with Crippen LogP contribution in [-0.4, -0.2) is 9.55 Å². The van der Waals surface area contributed by atoms with Crippen LogP contribution in [0.4, 0.5) is 4.39 Å². The first-order valence-electron chi connectivity index (χ1n) is 7.46. The number of aromatic nitrogens is 2. The molecule has 1 heterocycles. The predicted molar refractivity (Wildman–Crippen MR) is 83.1 cm³/mol. The van der Waals surface area contributed by atoms with E-state index in [-0.39, 0.29) is 5.82 Å². The molecule has 0 amide bonds. The number of nitrogens with zero attached hydrogens (tertiary/aromatic N) is 1. The molecular weight excluding hydrogens is 271 g/mol. The number of fused-ring (bicyclic) bond motifs is 1. The van der Waals surface area contributed by atoms with Crippen molar-refractivity contribution in [3.63, 3.8) is 0 Å². The average Bonchev–Trinajstić information content (AvgIpc) is 2.57. The Morgan fingerprint density at radius 2 is 2.05 bits per heavy atom. The van der Waals surface area contributed by atoms with Gasteiger partial charge in [0.1, 0.15) is 5.82 Å². The van der Waals surface area contributed by atoms with Gasteiger partial charge in [-0.05, 0) is 62.0 Å². The van der Waals surface area contributed by atoms with Crippen LogP contribution < -0.4 is 0 Å². The number of imidazole rings is 1. The minimum absolute atomic E-state index is 0.171. The van der Waals surface area contributed by atoms with Crippen molar-refractivity contribution < 1.29 is 4.39 Å². The number of aromatic amines is 1. The summed E-state index contributed by atoms with van der Waals surface area (Å²) in [5.74, 6) is 0.633. The molecule has 4 heteroatoms. The fourth-order valence-corrected chi connectivity index (χ4v) is 3.70. The number of nitrogens with one attached hydrogen (secondary N) is 1. The summed E-state index contributed by atoms with van der Waals surface area (Å²) in [6.07, 6.45) is 6.14. The van der Waals surface area contributed by atoms with Gasteiger partial charge in [-0.25, -0.2) is 4.39 Å². The molecule has 0 radical (unpaired) electrons. The van der Waals surface area contributed by atoms with E-state index >= 15 is 0 Å². The van der Waals surface area contributed by atoms with E-state index in [2.05, 4.69) is 16.5 Å². The van der Waals surface area contributed by atoms with E-state index in [1.54, 1.807) is 6.07 Å². The Labute approximate surface area is 124 Å². The van der Waals surface area contributed by atoms with Gasteiger partial charge in [0.2, 0.25) is 0 Å². The lowest BCUT2D eigenvalue weighted by Crippen LogP contribution is -2.08. The van der Waals surface area contributed by atoms with E-state index in [1.807, 2.05) is 13.0 Å². The van der Waals surface area contributed by atoms with Crippen molar-refractivity contribution in [2.45, 2.75) is 52.0 Å². The van der Waals surface area contributed by atoms with Crippen LogP contribution in [0.3, 0.4) is 0 Å². The van der Waals surface area contributed by atoms with Crippen LogP contribution in [0.5, 0.6) is 0 Å². The van der Waals surface area contributed by atoms with Crippen molar-refractivity contribution in [1.82, 2.24) is 9.55 Å². The van der Waals surface area contributed by atoms with Gasteiger partial charge in [-0.1, -0.05) is 19.8 Å². The van der Waals surface area contributed by atoms with Gasteiger partial charge in [-0.3, -0.25) is 0 Å². The monoisotopic (exact) mass is 292 g/mol. The third-order valence-corrected chi connectivity index (χ3v) is 4.89. The lowest BCUT2D eigenvalue weighted by Gasteiger charge is -2.17. The van der Waals surface area contributed by atoms with Gasteiger partial charge < -0.3 is 9.55 Å². The Kier molecular flexibility index (Phi) is 3.67. The van der Waals surface area contributed by atoms with Crippen LogP contribution in [0.2, 0.25) is 0 Å². The lowest BCUT2D eigenvalue weighted by atomic mass is 10.0. The van der Waals surface area contributed by atoms with E-state index in [0.29, 0.717) is 11.6 Å². The first kappa shape index (κ1) is 13.8. The van der Waals surface area contributed by atoms with Gasteiger partial charge in [0.15, 0.2) is 4.77 Å². The first-order chi connectivity index (χ1) is 9.56. The first-order valence-corrected chi connectivity index (χ1v) is 7.87. The number of halogens is 1. The van der Waals surface area contributed by atoms with Crippen molar-refractivity contribution >= 4 is 23.3 Å². The zero-order chi connectivity index (χ0) is 14.3. The van der Waals surface area contributed by atoms with Crippen molar-refractivity contribution in [2.75, 3.05) is 0 Å². The number of H-pyrrole nitrogens is 1. The number of aryl methyl sites for hydroxylation is 1. The molecule has 1 aliphatic rings. The highest BCUT2D eigenvalue weighted by molar-refractivity contribution is 7.71. The maximum atomic E-state index is 13.7. The number of benzene rings is 1. The highest BCUT2D eigenvalue weighted by Crippen LogP contribution is 2.33. The quantitative estimate of drug-likeness (QED) is 0.559. The molecule has 1 aromatic carbocycles. The van der Waals surface area contributed by atoms with E-state index in [1.165, 1.54) is 32.1 Å². The van der Waals surface area contributed by atoms with Crippen molar-refractivity contribution in [3.05, 3.63) is 28.3 Å². The normalized spacial score (nSPS) is 23.9. The number of hydrogen-bond acceptors (Lipinski definition) is 1. The number of hydrogen-bond donors (Lipinski definition) is 1. The van der Waals surface area contributed by atoms with Crippen LogP contribution in [0.25, 0.3) is 11.0 Å². The fraction of sp³-hybridized carbons (Fsp3) is 0.562. The molecule has 108 valence electrons. The lowest BCUT2D eigenvalue weighted by molar-refractivity contribution is 0.438. The highest BCUT2D eigenvalue weighted by atomic mass is 32.1. The fourth-order valence-electron chi connectivity index (χ4n) is 3.34. The van der Waals surface area contributed by atoms with Gasteiger partial charge in [0.25, 0.3) is 0 Å². The molecule has 2 aromatic rings. The largest absolute Gasteiger partial charge is 0.330 e. The van der Waals surface area contributed by atoms with Gasteiger partial charge in [0.05, 0.1) is 11.0 Å². The second-order valence-corrected chi connectivity index (χ2v) is 6.57. The summed E-state index contributed by atoms with van der Waals surface area (Å²) in [6.45, 7) is 4.14. The Balaban J connectivity index is 2.08. The van der Waals surface area contributed by atoms with Crippen LogP contribution in [0.15, 0.2) is 12.1 Å². The van der Waals surface area contributed by atoms with Crippen molar-refractivity contribution in [1.29, 1.82) is 0 Å². The van der Waals surface area contributed by atoms with E-state index < -0.39 is 0 Å². The minimum Gasteiger partial charge on any atom is -0.330 e. The molecule has 0 spiro atoms. The summed E-state index contributed by atoms with van der Waals surface area (Å²) >= 11 is 5.48. The molecule has 3 rings (SSSR count). The molecule has 0 bridgehead atoms. The van der Waals surface area contributed by atoms with Gasteiger partial charge in [-0.2, -0.15) is 0 Å². The van der Waals surface area contributed by atoms with Crippen LogP contribution >= 0.6 is 12.2 Å². The third-order valence-electron chi connectivity index (χ3n) is 4.59. The SMILES string of the molecule is Cc1cc2c(cc1F)[nH]c(=S)n2C1CCCC(C)CC1. The maximum Gasteiger partial charge on any atom is 0.178 e. The maximum absolute atomic E-state index is 13.7. The Morgan fingerprint density at radius 3 is 2.85 bits per heavy atom. The molecule has 0 aliphatic heterocycles. The molecule has 2 unspecified atom stereocenters. The summed E-state index contributed by atoms with van der Waals surface area (Å²) in [5, 5.41) is 0. The molecule has 2 nitrogen and oxygen atoms in total. The standard InChI is InChI=1S/C16H21FN2S/c1-10-4-3-5-12(7-6-10)19-15-8-11(2)13(17)9-14(15)18-16(19)20/h8-10,12H,3-7H2,1-2H3,(H,18,20). The Morgan fingerprint density at radius 1 is 1.25 bits per heavy atom. The zero-order valence-corrected chi connectivity index (χ0v) is 12.9. The molecule has 0 saturated heterocycles. The van der Waals surface area contributed by atoms with Gasteiger partial charge in [-0.15, -0.1) is 0 Å². The molecular formula is C16H21FN2S. The van der Waals surface area contributed by atoms with Gasteiger partial charge >= 0.3 is 0 Å². The predicted octanol–water partition coefficient (Wildman–Crippen LogP) is 5.29. The topological polar surface area (TPSA) is 20.7 Å². The molecule has 2 atom stereocenters. The van der Waals surface area contributed by atoms with E-state index in [9.17, 15) is 4.39 Å². The summed E-state index contributed by atoms with van der Waals surface area (Å²) in [6, 6.07) is 3.94. The summed E-state index contributed by atoms with van der Waals surface area (Å²) in [4.78, 5) is 3.16. The van der Waals surface area contributed by atoms with Gasteiger partial charge in [0, 0.05) is 6.04 Å². The molecule has 1 N–H and O–H groups in total. The highest BCUT2D eigenvalue weighted by Gasteiger charge is 2.20. The second-order valence-electron chi connectivity index (χ2n) is 6.19. The Hall–Kier alpha value is -1.16. The van der Waals surface area contributed by atoms with Crippen molar-refractivity contribution in [3.8, 4) is 0 Å². The van der Waals surface area contributed by atoms with Crippen LogP contribution in [0.1, 0.15) is 50.6 Å². The average molecular weight is 292 g/mol. The molecule has 20 heavy (non-hydrogen) atoms.